The van der Waals surface area contributed by atoms with Crippen LogP contribution in [0.15, 0.2) is 35.7 Å². The van der Waals surface area contributed by atoms with Gasteiger partial charge in [0.25, 0.3) is 0 Å². The Morgan fingerprint density at radius 3 is 2.60 bits per heavy atom. The zero-order chi connectivity index (χ0) is 14.5. The van der Waals surface area contributed by atoms with Crippen LogP contribution < -0.4 is 10.1 Å². The standard InChI is InChI=1S/C13H11F2NO3S/c14-13(15)19-10-3-1-9(2-4-10)16-6-11-5-8(7-20-11)12(17)18/h1-5,7,13,16H,6H2,(H,17,18). The Morgan fingerprint density at radius 2 is 2.05 bits per heavy atom. The Labute approximate surface area is 117 Å². The molecule has 0 atom stereocenters. The van der Waals surface area contributed by atoms with Crippen molar-refractivity contribution in [3.05, 3.63) is 46.2 Å². The lowest BCUT2D eigenvalue weighted by atomic mass is 10.3. The smallest absolute Gasteiger partial charge is 0.387 e. The van der Waals surface area contributed by atoms with Gasteiger partial charge in [-0.05, 0) is 30.3 Å². The number of nitrogens with one attached hydrogen (secondary N) is 1. The molecule has 7 heteroatoms. The zero-order valence-electron chi connectivity index (χ0n) is 10.2. The summed E-state index contributed by atoms with van der Waals surface area (Å²) in [7, 11) is 0. The van der Waals surface area contributed by atoms with E-state index >= 15 is 0 Å². The van der Waals surface area contributed by atoms with Gasteiger partial charge in [-0.3, -0.25) is 0 Å². The first-order valence-electron chi connectivity index (χ1n) is 5.64. The number of rotatable bonds is 6. The van der Waals surface area contributed by atoms with Crippen molar-refractivity contribution in [2.75, 3.05) is 5.32 Å². The van der Waals surface area contributed by atoms with Gasteiger partial charge >= 0.3 is 12.6 Å². The van der Waals surface area contributed by atoms with E-state index in [1.54, 1.807) is 23.6 Å². The first-order chi connectivity index (χ1) is 9.54. The number of anilines is 1. The highest BCUT2D eigenvalue weighted by Gasteiger charge is 2.06. The maximum atomic E-state index is 12.0. The summed E-state index contributed by atoms with van der Waals surface area (Å²) in [4.78, 5) is 11.6. The summed E-state index contributed by atoms with van der Waals surface area (Å²) in [5.74, 6) is -0.865. The van der Waals surface area contributed by atoms with Crippen LogP contribution in [-0.4, -0.2) is 17.7 Å². The van der Waals surface area contributed by atoms with E-state index in [9.17, 15) is 13.6 Å². The molecule has 4 nitrogen and oxygen atoms in total. The molecule has 1 aromatic carbocycles. The van der Waals surface area contributed by atoms with Crippen LogP contribution >= 0.6 is 11.3 Å². The monoisotopic (exact) mass is 299 g/mol. The predicted octanol–water partition coefficient (Wildman–Crippen LogP) is 3.66. The van der Waals surface area contributed by atoms with E-state index in [0.29, 0.717) is 6.54 Å². The molecule has 0 aliphatic heterocycles. The highest BCUT2D eigenvalue weighted by Crippen LogP contribution is 2.20. The molecular formula is C13H11F2NO3S. The third kappa shape index (κ3) is 3.92. The summed E-state index contributed by atoms with van der Waals surface area (Å²) in [5.41, 5.74) is 0.990. The molecule has 0 aliphatic carbocycles. The van der Waals surface area contributed by atoms with Crippen LogP contribution in [0.5, 0.6) is 5.75 Å². The van der Waals surface area contributed by atoms with Crippen molar-refractivity contribution >= 4 is 23.0 Å². The Hall–Kier alpha value is -2.15. The largest absolute Gasteiger partial charge is 0.478 e. The van der Waals surface area contributed by atoms with Gasteiger partial charge in [-0.1, -0.05) is 0 Å². The van der Waals surface area contributed by atoms with Crippen LogP contribution in [0.25, 0.3) is 0 Å². The molecule has 2 N–H and O–H groups in total. The van der Waals surface area contributed by atoms with Gasteiger partial charge in [0.1, 0.15) is 5.75 Å². The number of aromatic carboxylic acids is 1. The maximum Gasteiger partial charge on any atom is 0.387 e. The number of carboxylic acid groups (broad SMARTS) is 1. The molecule has 0 aliphatic rings. The lowest BCUT2D eigenvalue weighted by molar-refractivity contribution is -0.0498. The SMILES string of the molecule is O=C(O)c1csc(CNc2ccc(OC(F)F)cc2)c1. The predicted molar refractivity (Wildman–Crippen MR) is 71.7 cm³/mol. The van der Waals surface area contributed by atoms with Gasteiger partial charge in [0.05, 0.1) is 5.56 Å². The molecular weight excluding hydrogens is 288 g/mol. The molecule has 0 unspecified atom stereocenters. The molecule has 0 fully saturated rings. The Morgan fingerprint density at radius 1 is 1.35 bits per heavy atom. The van der Waals surface area contributed by atoms with Gasteiger partial charge in [0.2, 0.25) is 0 Å². The Balaban J connectivity index is 1.91. The number of carboxylic acids is 1. The lowest BCUT2D eigenvalue weighted by Crippen LogP contribution is -2.02. The van der Waals surface area contributed by atoms with Crippen LogP contribution in [-0.2, 0) is 6.54 Å². The Bertz CT molecular complexity index is 584. The van der Waals surface area contributed by atoms with Crippen molar-refractivity contribution in [1.29, 1.82) is 0 Å². The van der Waals surface area contributed by atoms with Crippen LogP contribution in [0.1, 0.15) is 15.2 Å². The molecule has 0 saturated heterocycles. The minimum absolute atomic E-state index is 0.0924. The highest BCUT2D eigenvalue weighted by atomic mass is 32.1. The van der Waals surface area contributed by atoms with Crippen LogP contribution in [0.3, 0.4) is 0 Å². The number of halogens is 2. The second-order valence-electron chi connectivity index (χ2n) is 3.86. The molecule has 0 spiro atoms. The first-order valence-corrected chi connectivity index (χ1v) is 6.52. The number of carbonyl (C=O) groups is 1. The van der Waals surface area contributed by atoms with Crippen molar-refractivity contribution in [2.45, 2.75) is 13.2 Å². The third-order valence-electron chi connectivity index (χ3n) is 2.45. The second-order valence-corrected chi connectivity index (χ2v) is 4.86. The van der Waals surface area contributed by atoms with E-state index in [1.807, 2.05) is 0 Å². The highest BCUT2D eigenvalue weighted by molar-refractivity contribution is 7.10. The molecule has 0 bridgehead atoms. The Kier molecular flexibility index (Phi) is 4.52. The van der Waals surface area contributed by atoms with Gasteiger partial charge < -0.3 is 15.2 Å². The summed E-state index contributed by atoms with van der Waals surface area (Å²) in [6.45, 7) is -2.37. The minimum atomic E-state index is -2.84. The second kappa shape index (κ2) is 6.33. The molecule has 0 amide bonds. The van der Waals surface area contributed by atoms with Crippen molar-refractivity contribution in [3.8, 4) is 5.75 Å². The molecule has 0 radical (unpaired) electrons. The quantitative estimate of drug-likeness (QED) is 0.854. The molecule has 2 aromatic rings. The van der Waals surface area contributed by atoms with Gasteiger partial charge in [0.15, 0.2) is 0 Å². The van der Waals surface area contributed by atoms with E-state index < -0.39 is 12.6 Å². The van der Waals surface area contributed by atoms with Gasteiger partial charge in [-0.25, -0.2) is 4.79 Å². The van der Waals surface area contributed by atoms with E-state index in [0.717, 1.165) is 10.6 Å². The van der Waals surface area contributed by atoms with Crippen LogP contribution in [0.2, 0.25) is 0 Å². The number of alkyl halides is 2. The fraction of sp³-hybridized carbons (Fsp3) is 0.154. The fourth-order valence-electron chi connectivity index (χ4n) is 1.53. The zero-order valence-corrected chi connectivity index (χ0v) is 11.0. The lowest BCUT2D eigenvalue weighted by Gasteiger charge is -2.07. The van der Waals surface area contributed by atoms with Gasteiger partial charge in [-0.2, -0.15) is 8.78 Å². The minimum Gasteiger partial charge on any atom is -0.478 e. The van der Waals surface area contributed by atoms with Gasteiger partial charge in [0, 0.05) is 22.5 Å². The van der Waals surface area contributed by atoms with Crippen LogP contribution in [0, 0.1) is 0 Å². The summed E-state index contributed by atoms with van der Waals surface area (Å²) in [5, 5.41) is 13.4. The maximum absolute atomic E-state index is 12.0. The van der Waals surface area contributed by atoms with E-state index in [4.69, 9.17) is 5.11 Å². The van der Waals surface area contributed by atoms with Crippen molar-refractivity contribution in [2.24, 2.45) is 0 Å². The topological polar surface area (TPSA) is 58.6 Å². The average Bonchev–Trinajstić information content (AvgIpc) is 2.86. The molecule has 106 valence electrons. The van der Waals surface area contributed by atoms with Crippen molar-refractivity contribution in [1.82, 2.24) is 0 Å². The normalized spacial score (nSPS) is 10.6. The summed E-state index contributed by atoms with van der Waals surface area (Å²) in [6.07, 6.45) is 0. The number of thiophene rings is 1. The number of ether oxygens (including phenoxy) is 1. The molecule has 0 saturated carbocycles. The summed E-state index contributed by atoms with van der Waals surface area (Å²) < 4.78 is 28.2. The molecule has 2 rings (SSSR count). The van der Waals surface area contributed by atoms with Crippen LogP contribution in [0.4, 0.5) is 14.5 Å². The molecule has 1 aromatic heterocycles. The van der Waals surface area contributed by atoms with E-state index in [2.05, 4.69) is 10.1 Å². The summed E-state index contributed by atoms with van der Waals surface area (Å²) >= 11 is 1.34. The fourth-order valence-corrected chi connectivity index (χ4v) is 2.33. The summed E-state index contributed by atoms with van der Waals surface area (Å²) in [6, 6.07) is 7.69. The number of benzene rings is 1. The van der Waals surface area contributed by atoms with Crippen molar-refractivity contribution < 1.29 is 23.4 Å². The third-order valence-corrected chi connectivity index (χ3v) is 3.38. The van der Waals surface area contributed by atoms with E-state index in [-0.39, 0.29) is 11.3 Å². The van der Waals surface area contributed by atoms with Crippen molar-refractivity contribution in [3.63, 3.8) is 0 Å². The molecule has 20 heavy (non-hydrogen) atoms. The van der Waals surface area contributed by atoms with Gasteiger partial charge in [-0.15, -0.1) is 11.3 Å². The van der Waals surface area contributed by atoms with E-state index in [1.165, 1.54) is 23.5 Å². The number of hydrogen-bond donors (Lipinski definition) is 2. The average molecular weight is 299 g/mol. The number of hydrogen-bond acceptors (Lipinski definition) is 4. The first kappa shape index (κ1) is 14.3. The molecule has 1 heterocycles.